The topological polar surface area (TPSA) is 66.8 Å². The van der Waals surface area contributed by atoms with E-state index in [9.17, 15) is 9.59 Å². The zero-order valence-electron chi connectivity index (χ0n) is 13.5. The summed E-state index contributed by atoms with van der Waals surface area (Å²) in [7, 11) is 1.76. The molecule has 0 heterocycles. The molecule has 0 fully saturated rings. The predicted octanol–water partition coefficient (Wildman–Crippen LogP) is 3.08. The number of carbonyl (C=O) groups excluding carboxylic acids is 1. The van der Waals surface area contributed by atoms with Crippen LogP contribution in [0.5, 0.6) is 5.75 Å². The van der Waals surface area contributed by atoms with Crippen molar-refractivity contribution in [2.24, 2.45) is 0 Å². The lowest BCUT2D eigenvalue weighted by Gasteiger charge is -2.18. The average Bonchev–Trinajstić information content (AvgIpc) is 2.42. The lowest BCUT2D eigenvalue weighted by atomic mass is 10.1. The fourth-order valence-corrected chi connectivity index (χ4v) is 2.09. The number of carboxylic acid groups (broad SMARTS) is 1. The molecule has 1 aromatic carbocycles. The van der Waals surface area contributed by atoms with Crippen LogP contribution in [-0.4, -0.2) is 35.0 Å². The van der Waals surface area contributed by atoms with Gasteiger partial charge in [0.15, 0.2) is 0 Å². The maximum atomic E-state index is 12.0. The van der Waals surface area contributed by atoms with Crippen LogP contribution in [-0.2, 0) is 16.1 Å². The highest BCUT2D eigenvalue weighted by atomic mass is 16.5. The summed E-state index contributed by atoms with van der Waals surface area (Å²) in [6.07, 6.45) is 1.75. The lowest BCUT2D eigenvalue weighted by Crippen LogP contribution is -2.25. The highest BCUT2D eigenvalue weighted by molar-refractivity contribution is 5.76. The first-order valence-electron chi connectivity index (χ1n) is 7.60. The predicted molar refractivity (Wildman–Crippen MR) is 84.8 cm³/mol. The third kappa shape index (κ3) is 7.11. The Labute approximate surface area is 131 Å². The van der Waals surface area contributed by atoms with Gasteiger partial charge in [0.1, 0.15) is 5.75 Å². The first-order chi connectivity index (χ1) is 10.4. The standard InChI is InChI=1S/C17H25NO4/c1-13(2)22-15-8-6-7-14(11-15)12-18(3)16(19)9-4-5-10-17(20)21/h6-8,11,13H,4-5,9-10,12H2,1-3H3,(H,20,21). The fourth-order valence-electron chi connectivity index (χ4n) is 2.09. The molecule has 0 aromatic heterocycles. The van der Waals surface area contributed by atoms with E-state index >= 15 is 0 Å². The average molecular weight is 307 g/mol. The molecule has 1 amide bonds. The van der Waals surface area contributed by atoms with Gasteiger partial charge in [0.2, 0.25) is 5.91 Å². The summed E-state index contributed by atoms with van der Waals surface area (Å²) < 4.78 is 5.64. The van der Waals surface area contributed by atoms with Crippen LogP contribution in [0.15, 0.2) is 24.3 Å². The number of nitrogens with zero attached hydrogens (tertiary/aromatic N) is 1. The second-order valence-corrected chi connectivity index (χ2v) is 5.66. The second kappa shape index (κ2) is 9.07. The SMILES string of the molecule is CC(C)Oc1cccc(CN(C)C(=O)CCCCC(=O)O)c1. The minimum Gasteiger partial charge on any atom is -0.491 e. The van der Waals surface area contributed by atoms with Gasteiger partial charge in [-0.2, -0.15) is 0 Å². The van der Waals surface area contributed by atoms with Crippen LogP contribution in [0.2, 0.25) is 0 Å². The molecule has 22 heavy (non-hydrogen) atoms. The van der Waals surface area contributed by atoms with Crippen LogP contribution in [0.3, 0.4) is 0 Å². The first kappa shape index (κ1) is 18.0. The molecule has 1 N–H and O–H groups in total. The molecule has 1 aromatic rings. The van der Waals surface area contributed by atoms with E-state index in [-0.39, 0.29) is 18.4 Å². The summed E-state index contributed by atoms with van der Waals surface area (Å²) in [6, 6.07) is 7.71. The number of carbonyl (C=O) groups is 2. The number of aliphatic carboxylic acids is 1. The van der Waals surface area contributed by atoms with Crippen molar-refractivity contribution in [2.45, 2.75) is 52.2 Å². The summed E-state index contributed by atoms with van der Waals surface area (Å²) in [5.74, 6) is 0.0122. The van der Waals surface area contributed by atoms with E-state index in [1.165, 1.54) is 0 Å². The maximum absolute atomic E-state index is 12.0. The molecule has 0 bridgehead atoms. The number of hydrogen-bond acceptors (Lipinski definition) is 3. The third-order valence-corrected chi connectivity index (χ3v) is 3.15. The van der Waals surface area contributed by atoms with Crippen molar-refractivity contribution in [3.05, 3.63) is 29.8 Å². The zero-order valence-corrected chi connectivity index (χ0v) is 13.5. The monoisotopic (exact) mass is 307 g/mol. The molecule has 0 spiro atoms. The molecular formula is C17H25NO4. The molecule has 0 aliphatic rings. The van der Waals surface area contributed by atoms with Gasteiger partial charge in [-0.25, -0.2) is 0 Å². The van der Waals surface area contributed by atoms with E-state index in [2.05, 4.69) is 0 Å². The molecule has 0 unspecified atom stereocenters. The largest absolute Gasteiger partial charge is 0.491 e. The van der Waals surface area contributed by atoms with Crippen molar-refractivity contribution in [1.82, 2.24) is 4.90 Å². The Bertz CT molecular complexity index is 499. The number of amides is 1. The molecular weight excluding hydrogens is 282 g/mol. The lowest BCUT2D eigenvalue weighted by molar-refractivity contribution is -0.137. The van der Waals surface area contributed by atoms with Gasteiger partial charge >= 0.3 is 5.97 Å². The minimum absolute atomic E-state index is 0.0283. The van der Waals surface area contributed by atoms with Gasteiger partial charge in [-0.1, -0.05) is 12.1 Å². The van der Waals surface area contributed by atoms with Crippen molar-refractivity contribution < 1.29 is 19.4 Å². The molecule has 0 saturated heterocycles. The number of hydrogen-bond donors (Lipinski definition) is 1. The Kier molecular flexibility index (Phi) is 7.43. The third-order valence-electron chi connectivity index (χ3n) is 3.15. The summed E-state index contributed by atoms with van der Waals surface area (Å²) >= 11 is 0. The Morgan fingerprint density at radius 1 is 1.23 bits per heavy atom. The number of ether oxygens (including phenoxy) is 1. The Morgan fingerprint density at radius 3 is 2.55 bits per heavy atom. The zero-order chi connectivity index (χ0) is 16.5. The second-order valence-electron chi connectivity index (χ2n) is 5.66. The van der Waals surface area contributed by atoms with Crippen molar-refractivity contribution >= 4 is 11.9 Å². The van der Waals surface area contributed by atoms with Gasteiger partial charge in [0.25, 0.3) is 0 Å². The Hall–Kier alpha value is -2.04. The normalized spacial score (nSPS) is 10.5. The van der Waals surface area contributed by atoms with Gasteiger partial charge in [-0.3, -0.25) is 9.59 Å². The summed E-state index contributed by atoms with van der Waals surface area (Å²) in [5.41, 5.74) is 1.01. The molecule has 1 rings (SSSR count). The van der Waals surface area contributed by atoms with Gasteiger partial charge in [-0.05, 0) is 44.4 Å². The van der Waals surface area contributed by atoms with E-state index in [1.54, 1.807) is 11.9 Å². The number of benzene rings is 1. The molecule has 0 atom stereocenters. The number of unbranched alkanes of at least 4 members (excludes halogenated alkanes) is 1. The van der Waals surface area contributed by atoms with Crippen molar-refractivity contribution in [1.29, 1.82) is 0 Å². The molecule has 0 saturated carbocycles. The van der Waals surface area contributed by atoms with Gasteiger partial charge in [0, 0.05) is 26.4 Å². The molecule has 0 radical (unpaired) electrons. The van der Waals surface area contributed by atoms with Crippen LogP contribution >= 0.6 is 0 Å². The maximum Gasteiger partial charge on any atom is 0.303 e. The first-order valence-corrected chi connectivity index (χ1v) is 7.60. The van der Waals surface area contributed by atoms with Crippen LogP contribution in [0.4, 0.5) is 0 Å². The van der Waals surface area contributed by atoms with Crippen molar-refractivity contribution in [3.8, 4) is 5.75 Å². The molecule has 122 valence electrons. The fraction of sp³-hybridized carbons (Fsp3) is 0.529. The molecule has 5 heteroatoms. The highest BCUT2D eigenvalue weighted by Gasteiger charge is 2.10. The van der Waals surface area contributed by atoms with E-state index < -0.39 is 5.97 Å². The van der Waals surface area contributed by atoms with Crippen LogP contribution in [0, 0.1) is 0 Å². The molecule has 0 aliphatic carbocycles. The summed E-state index contributed by atoms with van der Waals surface area (Å²) in [5, 5.41) is 8.56. The van der Waals surface area contributed by atoms with E-state index in [0.29, 0.717) is 25.8 Å². The molecule has 0 aliphatic heterocycles. The van der Waals surface area contributed by atoms with Gasteiger partial charge in [0.05, 0.1) is 6.10 Å². The summed E-state index contributed by atoms with van der Waals surface area (Å²) in [6.45, 7) is 4.46. The number of carboxylic acids is 1. The highest BCUT2D eigenvalue weighted by Crippen LogP contribution is 2.16. The van der Waals surface area contributed by atoms with Gasteiger partial charge < -0.3 is 14.7 Å². The number of rotatable bonds is 9. The Balaban J connectivity index is 2.44. The smallest absolute Gasteiger partial charge is 0.303 e. The minimum atomic E-state index is -0.817. The quantitative estimate of drug-likeness (QED) is 0.712. The van der Waals surface area contributed by atoms with Crippen molar-refractivity contribution in [2.75, 3.05) is 7.05 Å². The van der Waals surface area contributed by atoms with Crippen LogP contribution in [0.1, 0.15) is 45.1 Å². The Morgan fingerprint density at radius 2 is 1.91 bits per heavy atom. The summed E-state index contributed by atoms with van der Waals surface area (Å²) in [4.78, 5) is 24.1. The van der Waals surface area contributed by atoms with E-state index in [4.69, 9.17) is 9.84 Å². The van der Waals surface area contributed by atoms with E-state index in [0.717, 1.165) is 11.3 Å². The van der Waals surface area contributed by atoms with Crippen molar-refractivity contribution in [3.63, 3.8) is 0 Å². The van der Waals surface area contributed by atoms with E-state index in [1.807, 2.05) is 38.1 Å². The van der Waals surface area contributed by atoms with Crippen LogP contribution in [0.25, 0.3) is 0 Å². The molecule has 5 nitrogen and oxygen atoms in total. The van der Waals surface area contributed by atoms with Gasteiger partial charge in [-0.15, -0.1) is 0 Å². The van der Waals surface area contributed by atoms with Crippen LogP contribution < -0.4 is 4.74 Å².